The molecule has 2 atom stereocenters. The molecule has 1 saturated heterocycles. The van der Waals surface area contributed by atoms with Crippen LogP contribution in [0.15, 0.2) is 24.3 Å². The first-order chi connectivity index (χ1) is 10.0. The Kier molecular flexibility index (Phi) is 5.54. The lowest BCUT2D eigenvalue weighted by atomic mass is 9.90. The van der Waals surface area contributed by atoms with E-state index >= 15 is 0 Å². The molecule has 1 fully saturated rings. The summed E-state index contributed by atoms with van der Waals surface area (Å²) in [7, 11) is 0. The van der Waals surface area contributed by atoms with Gasteiger partial charge in [0.2, 0.25) is 0 Å². The molecule has 3 heteroatoms. The highest BCUT2D eigenvalue weighted by molar-refractivity contribution is 5.99. The van der Waals surface area contributed by atoms with Gasteiger partial charge in [0.1, 0.15) is 0 Å². The van der Waals surface area contributed by atoms with Crippen molar-refractivity contribution in [2.45, 2.75) is 52.2 Å². The van der Waals surface area contributed by atoms with Crippen LogP contribution in [0.3, 0.4) is 0 Å². The van der Waals surface area contributed by atoms with E-state index in [0.717, 1.165) is 37.9 Å². The van der Waals surface area contributed by atoms with Crippen molar-refractivity contribution in [1.82, 2.24) is 4.90 Å². The van der Waals surface area contributed by atoms with Gasteiger partial charge in [-0.1, -0.05) is 31.2 Å². The SMILES string of the molecule is CCc1ccc(C(=O)C(C)N2CCC(C(C)O)CC2)cc1. The number of benzene rings is 1. The number of aliphatic hydroxyl groups is 1. The monoisotopic (exact) mass is 289 g/mol. The highest BCUT2D eigenvalue weighted by Crippen LogP contribution is 2.23. The third-order valence-electron chi connectivity index (χ3n) is 4.83. The molecule has 1 heterocycles. The molecule has 0 aromatic heterocycles. The maximum atomic E-state index is 12.6. The van der Waals surface area contributed by atoms with Crippen molar-refractivity contribution in [3.63, 3.8) is 0 Å². The van der Waals surface area contributed by atoms with Crippen molar-refractivity contribution in [3.8, 4) is 0 Å². The number of ketones is 1. The van der Waals surface area contributed by atoms with Crippen LogP contribution in [0.5, 0.6) is 0 Å². The smallest absolute Gasteiger partial charge is 0.179 e. The molecule has 0 aliphatic carbocycles. The molecule has 1 aromatic rings. The molecule has 2 rings (SSSR count). The summed E-state index contributed by atoms with van der Waals surface area (Å²) in [4.78, 5) is 14.8. The zero-order valence-corrected chi connectivity index (χ0v) is 13.4. The molecular weight excluding hydrogens is 262 g/mol. The molecule has 1 N–H and O–H groups in total. The molecule has 1 aliphatic rings. The number of aryl methyl sites for hydroxylation is 1. The van der Waals surface area contributed by atoms with E-state index in [9.17, 15) is 9.90 Å². The Balaban J connectivity index is 1.96. The zero-order valence-electron chi connectivity index (χ0n) is 13.4. The van der Waals surface area contributed by atoms with Crippen LogP contribution < -0.4 is 0 Å². The maximum absolute atomic E-state index is 12.6. The van der Waals surface area contributed by atoms with E-state index in [0.29, 0.717) is 5.92 Å². The van der Waals surface area contributed by atoms with Crippen LogP contribution in [0.4, 0.5) is 0 Å². The standard InChI is InChI=1S/C18H27NO2/c1-4-15-5-7-17(8-6-15)18(21)13(2)19-11-9-16(10-12-19)14(3)20/h5-8,13-14,16,20H,4,9-12H2,1-3H3. The minimum atomic E-state index is -0.236. The fourth-order valence-corrected chi connectivity index (χ4v) is 3.10. The Morgan fingerprint density at radius 3 is 2.29 bits per heavy atom. The van der Waals surface area contributed by atoms with Gasteiger partial charge in [-0.3, -0.25) is 9.69 Å². The van der Waals surface area contributed by atoms with Gasteiger partial charge >= 0.3 is 0 Å². The van der Waals surface area contributed by atoms with Gasteiger partial charge in [0, 0.05) is 5.56 Å². The van der Waals surface area contributed by atoms with E-state index in [-0.39, 0.29) is 17.9 Å². The minimum absolute atomic E-state index is 0.0765. The number of rotatable bonds is 5. The molecule has 0 saturated carbocycles. The van der Waals surface area contributed by atoms with Gasteiger partial charge in [0.15, 0.2) is 5.78 Å². The topological polar surface area (TPSA) is 40.5 Å². The van der Waals surface area contributed by atoms with Crippen molar-refractivity contribution in [1.29, 1.82) is 0 Å². The van der Waals surface area contributed by atoms with E-state index in [1.54, 1.807) is 0 Å². The van der Waals surface area contributed by atoms with Crippen LogP contribution >= 0.6 is 0 Å². The van der Waals surface area contributed by atoms with Crippen molar-refractivity contribution in [2.24, 2.45) is 5.92 Å². The average Bonchev–Trinajstić information content (AvgIpc) is 2.53. The fourth-order valence-electron chi connectivity index (χ4n) is 3.10. The number of piperidine rings is 1. The third kappa shape index (κ3) is 3.92. The second-order valence-corrected chi connectivity index (χ2v) is 6.20. The number of hydrogen-bond acceptors (Lipinski definition) is 3. The van der Waals surface area contributed by atoms with Crippen LogP contribution in [0.2, 0.25) is 0 Å². The largest absolute Gasteiger partial charge is 0.393 e. The first-order valence-corrected chi connectivity index (χ1v) is 8.08. The Morgan fingerprint density at radius 2 is 1.81 bits per heavy atom. The second-order valence-electron chi connectivity index (χ2n) is 6.20. The maximum Gasteiger partial charge on any atom is 0.179 e. The van der Waals surface area contributed by atoms with E-state index in [4.69, 9.17) is 0 Å². The molecule has 0 spiro atoms. The number of hydrogen-bond donors (Lipinski definition) is 1. The van der Waals surface area contributed by atoms with E-state index in [1.807, 2.05) is 38.1 Å². The number of likely N-dealkylation sites (tertiary alicyclic amines) is 1. The molecule has 0 radical (unpaired) electrons. The molecule has 2 unspecified atom stereocenters. The van der Waals surface area contributed by atoms with E-state index in [1.165, 1.54) is 5.56 Å². The Hall–Kier alpha value is -1.19. The summed E-state index contributed by atoms with van der Waals surface area (Å²) in [5.41, 5.74) is 2.06. The quantitative estimate of drug-likeness (QED) is 0.847. The van der Waals surface area contributed by atoms with E-state index < -0.39 is 0 Å². The summed E-state index contributed by atoms with van der Waals surface area (Å²) < 4.78 is 0. The van der Waals surface area contributed by atoms with Gasteiger partial charge < -0.3 is 5.11 Å². The van der Waals surface area contributed by atoms with E-state index in [2.05, 4.69) is 11.8 Å². The summed E-state index contributed by atoms with van der Waals surface area (Å²) in [6.07, 6.45) is 2.71. The van der Waals surface area contributed by atoms with Crippen molar-refractivity contribution >= 4 is 5.78 Å². The zero-order chi connectivity index (χ0) is 15.4. The number of nitrogens with zero attached hydrogens (tertiary/aromatic N) is 1. The summed E-state index contributed by atoms with van der Waals surface area (Å²) in [5.74, 6) is 0.584. The van der Waals surface area contributed by atoms with Gasteiger partial charge in [0.25, 0.3) is 0 Å². The number of Topliss-reactive ketones (excluding diaryl/α,β-unsaturated/α-hetero) is 1. The predicted molar refractivity (Wildman–Crippen MR) is 85.6 cm³/mol. The normalized spacial score (nSPS) is 20.2. The minimum Gasteiger partial charge on any atom is -0.393 e. The first-order valence-electron chi connectivity index (χ1n) is 8.08. The van der Waals surface area contributed by atoms with Crippen molar-refractivity contribution in [3.05, 3.63) is 35.4 Å². The Bertz CT molecular complexity index is 459. The number of aliphatic hydroxyl groups excluding tert-OH is 1. The Labute approximate surface area is 128 Å². The summed E-state index contributed by atoms with van der Waals surface area (Å²) >= 11 is 0. The van der Waals surface area contributed by atoms with Gasteiger partial charge in [-0.05, 0) is 57.7 Å². The third-order valence-corrected chi connectivity index (χ3v) is 4.83. The van der Waals surface area contributed by atoms with Crippen molar-refractivity contribution in [2.75, 3.05) is 13.1 Å². The molecule has 3 nitrogen and oxygen atoms in total. The summed E-state index contributed by atoms with van der Waals surface area (Å²) in [6.45, 7) is 7.78. The Morgan fingerprint density at radius 1 is 1.24 bits per heavy atom. The number of carbonyl (C=O) groups excluding carboxylic acids is 1. The number of carbonyl (C=O) groups is 1. The molecule has 1 aliphatic heterocycles. The first kappa shape index (κ1) is 16.2. The molecule has 21 heavy (non-hydrogen) atoms. The molecule has 0 amide bonds. The van der Waals surface area contributed by atoms with Crippen LogP contribution in [0.1, 0.15) is 49.5 Å². The van der Waals surface area contributed by atoms with Gasteiger partial charge in [0.05, 0.1) is 12.1 Å². The molecule has 116 valence electrons. The molecule has 1 aromatic carbocycles. The van der Waals surface area contributed by atoms with Crippen molar-refractivity contribution < 1.29 is 9.90 Å². The predicted octanol–water partition coefficient (Wildman–Crippen LogP) is 2.91. The lowest BCUT2D eigenvalue weighted by Gasteiger charge is -2.36. The van der Waals surface area contributed by atoms with Gasteiger partial charge in [-0.15, -0.1) is 0 Å². The lowest BCUT2D eigenvalue weighted by molar-refractivity contribution is 0.0527. The molecular formula is C18H27NO2. The van der Waals surface area contributed by atoms with Crippen LogP contribution in [-0.4, -0.2) is 41.0 Å². The summed E-state index contributed by atoms with van der Waals surface area (Å²) in [5, 5.41) is 9.65. The van der Waals surface area contributed by atoms with Crippen LogP contribution in [0, 0.1) is 5.92 Å². The highest BCUT2D eigenvalue weighted by atomic mass is 16.3. The van der Waals surface area contributed by atoms with Crippen LogP contribution in [0.25, 0.3) is 0 Å². The van der Waals surface area contributed by atoms with Gasteiger partial charge in [-0.2, -0.15) is 0 Å². The van der Waals surface area contributed by atoms with Crippen LogP contribution in [-0.2, 0) is 6.42 Å². The lowest BCUT2D eigenvalue weighted by Crippen LogP contribution is -2.45. The van der Waals surface area contributed by atoms with Gasteiger partial charge in [-0.25, -0.2) is 0 Å². The summed E-state index contributed by atoms with van der Waals surface area (Å²) in [6, 6.07) is 7.90. The second kappa shape index (κ2) is 7.19. The fraction of sp³-hybridized carbons (Fsp3) is 0.611. The molecule has 0 bridgehead atoms. The highest BCUT2D eigenvalue weighted by Gasteiger charge is 2.28. The average molecular weight is 289 g/mol.